The number of carbonyl (C=O) groups is 3. The van der Waals surface area contributed by atoms with Crippen molar-refractivity contribution in [3.63, 3.8) is 0 Å². The second-order valence-corrected chi connectivity index (χ2v) is 10.7. The van der Waals surface area contributed by atoms with Crippen LogP contribution in [-0.2, 0) is 16.2 Å². The molecule has 1 atom stereocenters. The van der Waals surface area contributed by atoms with Gasteiger partial charge in [0.05, 0.1) is 18.0 Å². The lowest BCUT2D eigenvalue weighted by atomic mass is 9.73. The average molecular weight is 499 g/mol. The van der Waals surface area contributed by atoms with Crippen LogP contribution in [0.5, 0.6) is 0 Å². The van der Waals surface area contributed by atoms with Crippen LogP contribution in [0.3, 0.4) is 0 Å². The largest absolute Gasteiger partial charge is 0.370 e. The van der Waals surface area contributed by atoms with E-state index in [0.29, 0.717) is 23.4 Å². The van der Waals surface area contributed by atoms with E-state index >= 15 is 0 Å². The van der Waals surface area contributed by atoms with Crippen LogP contribution in [-0.4, -0.2) is 17.9 Å². The molecule has 188 valence electrons. The second-order valence-electron chi connectivity index (χ2n) is 9.62. The maximum Gasteiger partial charge on any atom is 0.328 e. The Bertz CT molecular complexity index is 1060. The van der Waals surface area contributed by atoms with E-state index in [2.05, 4.69) is 10.8 Å². The van der Waals surface area contributed by atoms with Crippen molar-refractivity contribution in [3.05, 3.63) is 41.5 Å². The highest BCUT2D eigenvalue weighted by Crippen LogP contribution is 2.41. The number of benzene rings is 1. The third-order valence-corrected chi connectivity index (χ3v) is 8.33. The van der Waals surface area contributed by atoms with Gasteiger partial charge in [-0.15, -0.1) is 16.8 Å². The van der Waals surface area contributed by atoms with Gasteiger partial charge >= 0.3 is 12.0 Å². The molecule has 0 saturated heterocycles. The van der Waals surface area contributed by atoms with Crippen molar-refractivity contribution in [2.75, 3.05) is 5.32 Å². The minimum absolute atomic E-state index is 0.00819. The van der Waals surface area contributed by atoms with Gasteiger partial charge in [-0.05, 0) is 60.8 Å². The van der Waals surface area contributed by atoms with Crippen molar-refractivity contribution in [2.45, 2.75) is 64.3 Å². The highest BCUT2D eigenvalue weighted by molar-refractivity contribution is 7.20. The highest BCUT2D eigenvalue weighted by atomic mass is 32.1. The summed E-state index contributed by atoms with van der Waals surface area (Å²) in [5.41, 5.74) is 15.5. The standard InChI is InChI=1S/C26H34N4O4S/c27-23(31)20-14-21(35-24(20)30-26(28)33)19-12-6-7-16(13-19)15-29-34-25(32)22(18-10-4-5-11-18)17-8-2-1-3-9-17/h6-7,12-14,17-18,22,29H,1-5,8-11,15H2,(H2,27,31)(H3,28,30,33)/t22-/m1/s1. The first-order valence-electron chi connectivity index (χ1n) is 12.5. The van der Waals surface area contributed by atoms with Crippen LogP contribution in [0.25, 0.3) is 10.4 Å². The summed E-state index contributed by atoms with van der Waals surface area (Å²) in [4.78, 5) is 42.5. The summed E-state index contributed by atoms with van der Waals surface area (Å²) in [5.74, 6) is 0.108. The van der Waals surface area contributed by atoms with Gasteiger partial charge in [-0.25, -0.2) is 4.79 Å². The SMILES string of the molecule is NC(=O)Nc1sc(-c2cccc(CNOC(=O)[C@H](C3CCCCC3)C3CCCC3)c2)cc1C(N)=O. The molecule has 35 heavy (non-hydrogen) atoms. The van der Waals surface area contributed by atoms with Crippen molar-refractivity contribution in [1.29, 1.82) is 0 Å². The van der Waals surface area contributed by atoms with Gasteiger partial charge in [-0.2, -0.15) is 0 Å². The lowest BCUT2D eigenvalue weighted by Gasteiger charge is -2.32. The molecule has 9 heteroatoms. The summed E-state index contributed by atoms with van der Waals surface area (Å²) in [6.07, 6.45) is 10.6. The molecule has 4 rings (SSSR count). The number of hydrogen-bond acceptors (Lipinski definition) is 6. The van der Waals surface area contributed by atoms with Gasteiger partial charge in [0.15, 0.2) is 0 Å². The molecule has 2 fully saturated rings. The van der Waals surface area contributed by atoms with Crippen LogP contribution in [0.4, 0.5) is 9.80 Å². The average Bonchev–Trinajstić information content (AvgIpc) is 3.50. The first-order chi connectivity index (χ1) is 16.9. The van der Waals surface area contributed by atoms with Crippen LogP contribution in [0.15, 0.2) is 30.3 Å². The fourth-order valence-corrected chi connectivity index (χ4v) is 6.66. The van der Waals surface area contributed by atoms with Crippen molar-refractivity contribution in [1.82, 2.24) is 5.48 Å². The lowest BCUT2D eigenvalue weighted by Crippen LogP contribution is -2.35. The third-order valence-electron chi connectivity index (χ3n) is 7.23. The Balaban J connectivity index is 1.40. The Labute approximate surface area is 209 Å². The number of carbonyl (C=O) groups excluding carboxylic acids is 3. The van der Waals surface area contributed by atoms with Crippen LogP contribution in [0.2, 0.25) is 0 Å². The zero-order valence-corrected chi connectivity index (χ0v) is 20.7. The van der Waals surface area contributed by atoms with Gasteiger partial charge in [0.1, 0.15) is 5.00 Å². The van der Waals surface area contributed by atoms with Crippen LogP contribution in [0.1, 0.15) is 73.7 Å². The predicted molar refractivity (Wildman–Crippen MR) is 136 cm³/mol. The molecular formula is C26H34N4O4S. The first kappa shape index (κ1) is 25.2. The normalized spacial score (nSPS) is 17.7. The van der Waals surface area contributed by atoms with Crippen LogP contribution >= 0.6 is 11.3 Å². The molecule has 0 bridgehead atoms. The minimum Gasteiger partial charge on any atom is -0.370 e. The van der Waals surface area contributed by atoms with Gasteiger partial charge in [-0.3, -0.25) is 14.9 Å². The first-order valence-corrected chi connectivity index (χ1v) is 13.3. The molecule has 6 N–H and O–H groups in total. The maximum atomic E-state index is 13.1. The van der Waals surface area contributed by atoms with Gasteiger partial charge in [-0.1, -0.05) is 50.3 Å². The highest BCUT2D eigenvalue weighted by Gasteiger charge is 2.38. The van der Waals surface area contributed by atoms with Crippen molar-refractivity contribution < 1.29 is 19.2 Å². The van der Waals surface area contributed by atoms with Gasteiger partial charge in [0.25, 0.3) is 5.91 Å². The summed E-state index contributed by atoms with van der Waals surface area (Å²) in [6.45, 7) is 0.363. The third kappa shape index (κ3) is 6.41. The van der Waals surface area contributed by atoms with Gasteiger partial charge < -0.3 is 16.3 Å². The molecule has 0 radical (unpaired) electrons. The summed E-state index contributed by atoms with van der Waals surface area (Å²) >= 11 is 1.22. The fourth-order valence-electron chi connectivity index (χ4n) is 5.59. The molecule has 1 aromatic carbocycles. The number of rotatable bonds is 9. The lowest BCUT2D eigenvalue weighted by molar-refractivity contribution is -0.161. The van der Waals surface area contributed by atoms with Crippen molar-refractivity contribution >= 4 is 34.2 Å². The van der Waals surface area contributed by atoms with E-state index in [1.807, 2.05) is 24.3 Å². The number of amides is 3. The Morgan fingerprint density at radius 1 is 0.971 bits per heavy atom. The molecule has 0 spiro atoms. The summed E-state index contributed by atoms with van der Waals surface area (Å²) < 4.78 is 0. The molecule has 2 aromatic rings. The number of anilines is 1. The second kappa shape index (κ2) is 11.7. The van der Waals surface area contributed by atoms with Crippen molar-refractivity contribution in [3.8, 4) is 10.4 Å². The van der Waals surface area contributed by atoms with E-state index in [-0.39, 0.29) is 17.5 Å². The molecule has 1 aromatic heterocycles. The molecule has 0 unspecified atom stereocenters. The molecular weight excluding hydrogens is 464 g/mol. The van der Waals surface area contributed by atoms with Crippen LogP contribution in [0, 0.1) is 17.8 Å². The molecule has 2 aliphatic carbocycles. The molecule has 3 amide bonds. The maximum absolute atomic E-state index is 13.1. The van der Waals surface area contributed by atoms with E-state index in [0.717, 1.165) is 41.7 Å². The van der Waals surface area contributed by atoms with Crippen molar-refractivity contribution in [2.24, 2.45) is 29.2 Å². The van der Waals surface area contributed by atoms with Gasteiger partial charge in [0.2, 0.25) is 0 Å². The quantitative estimate of drug-likeness (QED) is 0.363. The smallest absolute Gasteiger partial charge is 0.328 e. The number of nitrogens with two attached hydrogens (primary N) is 2. The summed E-state index contributed by atoms with van der Waals surface area (Å²) in [5, 5.41) is 2.77. The Hall–Kier alpha value is -2.91. The number of hydrogen-bond donors (Lipinski definition) is 4. The van der Waals surface area contributed by atoms with E-state index in [9.17, 15) is 14.4 Å². The van der Waals surface area contributed by atoms with E-state index in [4.69, 9.17) is 16.3 Å². The molecule has 2 saturated carbocycles. The summed E-state index contributed by atoms with van der Waals surface area (Å²) in [6, 6.07) is 8.56. The number of primary amides is 2. The van der Waals surface area contributed by atoms with Crippen LogP contribution < -0.4 is 22.3 Å². The van der Waals surface area contributed by atoms with E-state index < -0.39 is 11.9 Å². The van der Waals surface area contributed by atoms with E-state index in [1.54, 1.807) is 6.07 Å². The minimum atomic E-state index is -0.759. The number of thiophene rings is 1. The Kier molecular flexibility index (Phi) is 8.41. The number of hydroxylamine groups is 1. The number of nitrogens with one attached hydrogen (secondary N) is 2. The number of urea groups is 1. The van der Waals surface area contributed by atoms with Gasteiger partial charge in [0, 0.05) is 4.88 Å². The van der Waals surface area contributed by atoms with E-state index in [1.165, 1.54) is 43.4 Å². The molecule has 0 aliphatic heterocycles. The Morgan fingerprint density at radius 3 is 2.26 bits per heavy atom. The Morgan fingerprint density at radius 2 is 1.63 bits per heavy atom. The molecule has 1 heterocycles. The topological polar surface area (TPSA) is 137 Å². The fraction of sp³-hybridized carbons (Fsp3) is 0.500. The zero-order valence-electron chi connectivity index (χ0n) is 19.9. The zero-order chi connectivity index (χ0) is 24.8. The monoisotopic (exact) mass is 498 g/mol. The molecule has 8 nitrogen and oxygen atoms in total. The summed E-state index contributed by atoms with van der Waals surface area (Å²) in [7, 11) is 0. The molecule has 2 aliphatic rings. The predicted octanol–water partition coefficient (Wildman–Crippen LogP) is 4.94.